The summed E-state index contributed by atoms with van der Waals surface area (Å²) in [6.07, 6.45) is 2.81. The molecule has 8 nitrogen and oxygen atoms in total. The summed E-state index contributed by atoms with van der Waals surface area (Å²) in [5, 5.41) is 10.6. The van der Waals surface area contributed by atoms with Crippen molar-refractivity contribution in [3.8, 4) is 0 Å². The zero-order valence-electron chi connectivity index (χ0n) is 15.4. The van der Waals surface area contributed by atoms with E-state index in [4.69, 9.17) is 16.6 Å². The molecule has 2 aromatic heterocycles. The van der Waals surface area contributed by atoms with Gasteiger partial charge in [-0.2, -0.15) is 0 Å². The maximum absolute atomic E-state index is 11.9. The average Bonchev–Trinajstić information content (AvgIpc) is 3.24. The third kappa shape index (κ3) is 5.22. The minimum absolute atomic E-state index is 0.145. The fourth-order valence-electron chi connectivity index (χ4n) is 3.14. The normalized spacial score (nSPS) is 18.7. The van der Waals surface area contributed by atoms with Gasteiger partial charge in [0.1, 0.15) is 0 Å². The molecule has 1 amide bonds. The standard InChI is InChI=1S/C17H24N6O2S2/c1-12-18-14(10-27-12)8-16-20-23(17(26)25-16)11-22-6-4-21(5-7-22)9-15(24)19-13-2-3-13/h10,13H,2-9,11H2,1H3,(H,19,24). The molecule has 2 aliphatic rings. The van der Waals surface area contributed by atoms with Gasteiger partial charge < -0.3 is 9.73 Å². The Morgan fingerprint density at radius 1 is 1.33 bits per heavy atom. The molecule has 0 aromatic carbocycles. The fourth-order valence-corrected chi connectivity index (χ4v) is 3.94. The van der Waals surface area contributed by atoms with Gasteiger partial charge in [-0.1, -0.05) is 0 Å². The number of hydrogen-bond acceptors (Lipinski definition) is 8. The van der Waals surface area contributed by atoms with E-state index in [1.54, 1.807) is 16.0 Å². The molecule has 1 saturated heterocycles. The molecule has 1 aliphatic heterocycles. The molecule has 0 atom stereocenters. The molecule has 0 bridgehead atoms. The van der Waals surface area contributed by atoms with Crippen molar-refractivity contribution in [3.05, 3.63) is 26.8 Å². The van der Waals surface area contributed by atoms with E-state index < -0.39 is 0 Å². The fraction of sp³-hybridized carbons (Fsp3) is 0.647. The second-order valence-corrected chi connectivity index (χ2v) is 8.58. The van der Waals surface area contributed by atoms with Crippen LogP contribution in [0.4, 0.5) is 0 Å². The number of aryl methyl sites for hydroxylation is 1. The maximum atomic E-state index is 11.9. The first-order chi connectivity index (χ1) is 13.0. The van der Waals surface area contributed by atoms with Crippen molar-refractivity contribution >= 4 is 29.5 Å². The number of piperazine rings is 1. The predicted octanol–water partition coefficient (Wildman–Crippen LogP) is 1.42. The van der Waals surface area contributed by atoms with Crippen molar-refractivity contribution in [2.45, 2.75) is 38.9 Å². The lowest BCUT2D eigenvalue weighted by Gasteiger charge is -2.33. The quantitative estimate of drug-likeness (QED) is 0.694. The van der Waals surface area contributed by atoms with Crippen molar-refractivity contribution in [1.29, 1.82) is 0 Å². The number of amides is 1. The van der Waals surface area contributed by atoms with Gasteiger partial charge in [-0.25, -0.2) is 9.67 Å². The Morgan fingerprint density at radius 2 is 2.07 bits per heavy atom. The molecule has 1 aliphatic carbocycles. The highest BCUT2D eigenvalue weighted by Crippen LogP contribution is 2.18. The molecule has 27 heavy (non-hydrogen) atoms. The van der Waals surface area contributed by atoms with E-state index in [9.17, 15) is 4.79 Å². The van der Waals surface area contributed by atoms with Gasteiger partial charge >= 0.3 is 0 Å². The molecule has 2 fully saturated rings. The van der Waals surface area contributed by atoms with Crippen molar-refractivity contribution in [3.63, 3.8) is 0 Å². The molecule has 0 unspecified atom stereocenters. The molecular formula is C17H24N6O2S2. The molecule has 3 heterocycles. The highest BCUT2D eigenvalue weighted by atomic mass is 32.1. The van der Waals surface area contributed by atoms with Crippen LogP contribution in [0.25, 0.3) is 0 Å². The number of nitrogens with one attached hydrogen (secondary N) is 1. The predicted molar refractivity (Wildman–Crippen MR) is 104 cm³/mol. The van der Waals surface area contributed by atoms with E-state index in [2.05, 4.69) is 25.2 Å². The second kappa shape index (κ2) is 8.17. The van der Waals surface area contributed by atoms with Gasteiger partial charge in [0, 0.05) is 37.6 Å². The lowest BCUT2D eigenvalue weighted by molar-refractivity contribution is -0.122. The summed E-state index contributed by atoms with van der Waals surface area (Å²) in [7, 11) is 0. The molecule has 0 spiro atoms. The molecular weight excluding hydrogens is 384 g/mol. The molecule has 2 aromatic rings. The van der Waals surface area contributed by atoms with Gasteiger partial charge in [0.2, 0.25) is 11.8 Å². The number of hydrogen-bond donors (Lipinski definition) is 1. The monoisotopic (exact) mass is 408 g/mol. The second-order valence-electron chi connectivity index (χ2n) is 7.17. The summed E-state index contributed by atoms with van der Waals surface area (Å²) in [4.78, 5) is 21.2. The Labute approximate surface area is 167 Å². The Bertz CT molecular complexity index is 848. The van der Waals surface area contributed by atoms with Gasteiger partial charge in [0.15, 0.2) is 0 Å². The number of thiazole rings is 1. The third-order valence-corrected chi connectivity index (χ3v) is 5.87. The van der Waals surface area contributed by atoms with E-state index in [0.717, 1.165) is 49.7 Å². The number of aromatic nitrogens is 3. The highest BCUT2D eigenvalue weighted by Gasteiger charge is 2.25. The van der Waals surface area contributed by atoms with Crippen LogP contribution >= 0.6 is 23.6 Å². The van der Waals surface area contributed by atoms with Crippen LogP contribution in [0.3, 0.4) is 0 Å². The lowest BCUT2D eigenvalue weighted by Crippen LogP contribution is -2.49. The van der Waals surface area contributed by atoms with E-state index in [0.29, 0.717) is 36.4 Å². The first-order valence-electron chi connectivity index (χ1n) is 9.27. The number of rotatable bonds is 7. The van der Waals surface area contributed by atoms with Gasteiger partial charge in [-0.3, -0.25) is 14.6 Å². The zero-order valence-corrected chi connectivity index (χ0v) is 17.0. The number of carbonyl (C=O) groups excluding carboxylic acids is 1. The van der Waals surface area contributed by atoms with Gasteiger partial charge in [-0.05, 0) is 32.0 Å². The van der Waals surface area contributed by atoms with E-state index in [1.165, 1.54) is 0 Å². The first kappa shape index (κ1) is 18.7. The smallest absolute Gasteiger partial charge is 0.288 e. The average molecular weight is 409 g/mol. The Hall–Kier alpha value is -1.62. The summed E-state index contributed by atoms with van der Waals surface area (Å²) in [6, 6.07) is 0.426. The SMILES string of the molecule is Cc1nc(Cc2nn(CN3CCN(CC(=O)NC4CC4)CC3)c(=S)o2)cs1. The largest absolute Gasteiger partial charge is 0.414 e. The number of carbonyl (C=O) groups is 1. The molecule has 4 rings (SSSR count). The van der Waals surface area contributed by atoms with Crippen LogP contribution in [-0.2, 0) is 17.9 Å². The van der Waals surface area contributed by atoms with Crippen LogP contribution in [0.1, 0.15) is 29.4 Å². The highest BCUT2D eigenvalue weighted by molar-refractivity contribution is 7.71. The summed E-state index contributed by atoms with van der Waals surface area (Å²) in [6.45, 7) is 6.59. The molecule has 1 N–H and O–H groups in total. The van der Waals surface area contributed by atoms with Crippen LogP contribution in [-0.4, -0.2) is 69.2 Å². The molecule has 0 radical (unpaired) electrons. The van der Waals surface area contributed by atoms with Crippen molar-refractivity contribution < 1.29 is 9.21 Å². The van der Waals surface area contributed by atoms with Crippen LogP contribution in [0.2, 0.25) is 0 Å². The first-order valence-corrected chi connectivity index (χ1v) is 10.6. The Kier molecular flexibility index (Phi) is 5.67. The third-order valence-electron chi connectivity index (χ3n) is 4.76. The van der Waals surface area contributed by atoms with Crippen molar-refractivity contribution in [2.24, 2.45) is 0 Å². The van der Waals surface area contributed by atoms with Gasteiger partial charge in [0.25, 0.3) is 4.84 Å². The lowest BCUT2D eigenvalue weighted by atomic mass is 10.3. The summed E-state index contributed by atoms with van der Waals surface area (Å²) in [5.74, 6) is 0.743. The summed E-state index contributed by atoms with van der Waals surface area (Å²) in [5.41, 5.74) is 0.957. The molecule has 146 valence electrons. The van der Waals surface area contributed by atoms with E-state index in [1.807, 2.05) is 12.3 Å². The Morgan fingerprint density at radius 3 is 2.74 bits per heavy atom. The maximum Gasteiger partial charge on any atom is 0.288 e. The topological polar surface area (TPSA) is 79.4 Å². The van der Waals surface area contributed by atoms with Crippen molar-refractivity contribution in [2.75, 3.05) is 32.7 Å². The van der Waals surface area contributed by atoms with E-state index >= 15 is 0 Å². The minimum atomic E-state index is 0.145. The zero-order chi connectivity index (χ0) is 18.8. The van der Waals surface area contributed by atoms with Crippen LogP contribution in [0.5, 0.6) is 0 Å². The van der Waals surface area contributed by atoms with Crippen molar-refractivity contribution in [1.82, 2.24) is 29.9 Å². The number of nitrogens with zero attached hydrogens (tertiary/aromatic N) is 5. The van der Waals surface area contributed by atoms with Crippen LogP contribution in [0.15, 0.2) is 9.80 Å². The molecule has 10 heteroatoms. The van der Waals surface area contributed by atoms with Gasteiger partial charge in [-0.15, -0.1) is 16.4 Å². The van der Waals surface area contributed by atoms with E-state index in [-0.39, 0.29) is 5.91 Å². The molecule has 1 saturated carbocycles. The minimum Gasteiger partial charge on any atom is -0.414 e. The van der Waals surface area contributed by atoms with Crippen LogP contribution in [0, 0.1) is 11.8 Å². The Balaban J connectivity index is 1.26. The van der Waals surface area contributed by atoms with Gasteiger partial charge in [0.05, 0.1) is 30.3 Å². The summed E-state index contributed by atoms with van der Waals surface area (Å²) < 4.78 is 7.36. The van der Waals surface area contributed by atoms with Crippen LogP contribution < -0.4 is 5.32 Å². The summed E-state index contributed by atoms with van der Waals surface area (Å²) >= 11 is 6.93.